The maximum Gasteiger partial charge on any atom is 0.126 e. The maximum atomic E-state index is 10.5. The van der Waals surface area contributed by atoms with E-state index in [1.54, 1.807) is 0 Å². The van der Waals surface area contributed by atoms with Crippen molar-refractivity contribution in [3.05, 3.63) is 61.0 Å². The van der Waals surface area contributed by atoms with Gasteiger partial charge in [-0.2, -0.15) is 0 Å². The van der Waals surface area contributed by atoms with Gasteiger partial charge in [0.25, 0.3) is 0 Å². The molecular formula is C16H13Br2ClO2. The highest BCUT2D eigenvalue weighted by Gasteiger charge is 2.20. The van der Waals surface area contributed by atoms with Gasteiger partial charge in [0.15, 0.2) is 0 Å². The van der Waals surface area contributed by atoms with Gasteiger partial charge in [-0.15, -0.1) is 0 Å². The molecule has 0 bridgehead atoms. The van der Waals surface area contributed by atoms with Crippen LogP contribution in [0.1, 0.15) is 22.8 Å². The number of benzene rings is 2. The summed E-state index contributed by atoms with van der Waals surface area (Å²) in [7, 11) is 0. The third-order valence-corrected chi connectivity index (χ3v) is 4.64. The third-order valence-electron chi connectivity index (χ3n) is 3.51. The zero-order valence-electron chi connectivity index (χ0n) is 11.1. The summed E-state index contributed by atoms with van der Waals surface area (Å²) in [4.78, 5) is 0. The fourth-order valence-corrected chi connectivity index (χ4v) is 4.18. The lowest BCUT2D eigenvalue weighted by atomic mass is 9.99. The fourth-order valence-electron chi connectivity index (χ4n) is 2.59. The molecule has 0 amide bonds. The van der Waals surface area contributed by atoms with E-state index < -0.39 is 6.10 Å². The molecule has 1 aliphatic rings. The predicted molar refractivity (Wildman–Crippen MR) is 91.2 cm³/mol. The van der Waals surface area contributed by atoms with Crippen LogP contribution in [-0.2, 0) is 12.8 Å². The first kappa shape index (κ1) is 15.3. The summed E-state index contributed by atoms with van der Waals surface area (Å²) >= 11 is 13.0. The van der Waals surface area contributed by atoms with Gasteiger partial charge in [0.1, 0.15) is 5.75 Å². The minimum atomic E-state index is -0.606. The van der Waals surface area contributed by atoms with Crippen molar-refractivity contribution in [2.45, 2.75) is 18.9 Å². The molecule has 1 aliphatic heterocycles. The summed E-state index contributed by atoms with van der Waals surface area (Å²) in [6, 6.07) is 9.59. The Morgan fingerprint density at radius 2 is 1.86 bits per heavy atom. The summed E-state index contributed by atoms with van der Waals surface area (Å²) in [5.74, 6) is 0.882. The van der Waals surface area contributed by atoms with E-state index >= 15 is 0 Å². The Labute approximate surface area is 145 Å². The molecule has 0 spiro atoms. The molecule has 1 unspecified atom stereocenters. The molecule has 3 rings (SSSR count). The number of fused-ring (bicyclic) bond motifs is 1. The Bertz CT molecular complexity index is 668. The van der Waals surface area contributed by atoms with Crippen molar-refractivity contribution in [3.63, 3.8) is 0 Å². The molecule has 2 aromatic carbocycles. The van der Waals surface area contributed by atoms with Crippen LogP contribution in [0.3, 0.4) is 0 Å². The first-order valence-electron chi connectivity index (χ1n) is 6.61. The van der Waals surface area contributed by atoms with Crippen LogP contribution in [-0.4, -0.2) is 11.7 Å². The predicted octanol–water partition coefficient (Wildman–Crippen LogP) is 5.08. The molecule has 0 saturated heterocycles. The zero-order chi connectivity index (χ0) is 15.0. The minimum absolute atomic E-state index is 0.478. The Balaban J connectivity index is 1.90. The molecule has 5 heteroatoms. The standard InChI is InChI=1S/C16H13Br2ClO2/c17-12-3-10(4-13(18)8-12)15(20)7-11-6-14(19)5-9-1-2-21-16(9)11/h3-6,8,15,20H,1-2,7H2. The van der Waals surface area contributed by atoms with Gasteiger partial charge < -0.3 is 9.84 Å². The lowest BCUT2D eigenvalue weighted by Gasteiger charge is -2.15. The Morgan fingerprint density at radius 1 is 1.14 bits per heavy atom. The first-order chi connectivity index (χ1) is 10.0. The summed E-state index contributed by atoms with van der Waals surface area (Å²) in [5.41, 5.74) is 2.93. The minimum Gasteiger partial charge on any atom is -0.493 e. The molecule has 2 nitrogen and oxygen atoms in total. The normalized spacial score (nSPS) is 14.7. The third kappa shape index (κ3) is 3.45. The van der Waals surface area contributed by atoms with Crippen molar-refractivity contribution in [3.8, 4) is 5.75 Å². The highest BCUT2D eigenvalue weighted by molar-refractivity contribution is 9.11. The van der Waals surface area contributed by atoms with E-state index in [1.165, 1.54) is 0 Å². The van der Waals surface area contributed by atoms with Gasteiger partial charge in [-0.25, -0.2) is 0 Å². The lowest BCUT2D eigenvalue weighted by molar-refractivity contribution is 0.177. The molecule has 21 heavy (non-hydrogen) atoms. The molecule has 2 aromatic rings. The second kappa shape index (κ2) is 6.29. The van der Waals surface area contributed by atoms with E-state index in [2.05, 4.69) is 31.9 Å². The average molecular weight is 433 g/mol. The van der Waals surface area contributed by atoms with Gasteiger partial charge in [-0.3, -0.25) is 0 Å². The Morgan fingerprint density at radius 3 is 2.57 bits per heavy atom. The monoisotopic (exact) mass is 430 g/mol. The van der Waals surface area contributed by atoms with Crippen LogP contribution in [0.15, 0.2) is 39.3 Å². The van der Waals surface area contributed by atoms with Gasteiger partial charge in [0, 0.05) is 26.8 Å². The smallest absolute Gasteiger partial charge is 0.126 e. The van der Waals surface area contributed by atoms with Crippen molar-refractivity contribution < 1.29 is 9.84 Å². The largest absolute Gasteiger partial charge is 0.493 e. The second-order valence-electron chi connectivity index (χ2n) is 5.07. The number of aliphatic hydroxyl groups is 1. The van der Waals surface area contributed by atoms with Crippen LogP contribution in [0.25, 0.3) is 0 Å². The summed E-state index contributed by atoms with van der Waals surface area (Å²) in [6.45, 7) is 0.682. The molecule has 1 N–H and O–H groups in total. The number of rotatable bonds is 3. The van der Waals surface area contributed by atoms with Crippen molar-refractivity contribution in [1.29, 1.82) is 0 Å². The van der Waals surface area contributed by atoms with Crippen LogP contribution < -0.4 is 4.74 Å². The van der Waals surface area contributed by atoms with E-state index in [0.29, 0.717) is 18.1 Å². The maximum absolute atomic E-state index is 10.5. The average Bonchev–Trinajstić information content (AvgIpc) is 2.85. The van der Waals surface area contributed by atoms with Gasteiger partial charge in [-0.1, -0.05) is 43.5 Å². The highest BCUT2D eigenvalue weighted by Crippen LogP contribution is 2.36. The number of hydrogen-bond donors (Lipinski definition) is 1. The molecule has 0 saturated carbocycles. The fraction of sp³-hybridized carbons (Fsp3) is 0.250. The Kier molecular flexibility index (Phi) is 4.60. The number of aliphatic hydroxyl groups excluding tert-OH is 1. The molecule has 0 fully saturated rings. The summed E-state index contributed by atoms with van der Waals surface area (Å²) in [5, 5.41) is 11.2. The SMILES string of the molecule is OC(Cc1cc(Cl)cc2c1OCC2)c1cc(Br)cc(Br)c1. The van der Waals surface area contributed by atoms with Crippen LogP contribution in [0, 0.1) is 0 Å². The molecule has 0 radical (unpaired) electrons. The number of hydrogen-bond acceptors (Lipinski definition) is 2. The van der Waals surface area contributed by atoms with Crippen molar-refractivity contribution >= 4 is 43.5 Å². The van der Waals surface area contributed by atoms with Crippen molar-refractivity contribution in [2.75, 3.05) is 6.61 Å². The van der Waals surface area contributed by atoms with Crippen LogP contribution in [0.4, 0.5) is 0 Å². The molecule has 1 atom stereocenters. The van der Waals surface area contributed by atoms with Gasteiger partial charge in [0.2, 0.25) is 0 Å². The van der Waals surface area contributed by atoms with E-state index in [1.807, 2.05) is 30.3 Å². The van der Waals surface area contributed by atoms with Crippen LogP contribution >= 0.6 is 43.5 Å². The number of ether oxygens (including phenoxy) is 1. The molecule has 110 valence electrons. The molecular weight excluding hydrogens is 419 g/mol. The van der Waals surface area contributed by atoms with Gasteiger partial charge >= 0.3 is 0 Å². The van der Waals surface area contributed by atoms with E-state index in [4.69, 9.17) is 16.3 Å². The summed E-state index contributed by atoms with van der Waals surface area (Å²) < 4.78 is 7.54. The van der Waals surface area contributed by atoms with Crippen molar-refractivity contribution in [1.82, 2.24) is 0 Å². The molecule has 1 heterocycles. The number of halogens is 3. The van der Waals surface area contributed by atoms with E-state index in [-0.39, 0.29) is 0 Å². The van der Waals surface area contributed by atoms with Crippen LogP contribution in [0.5, 0.6) is 5.75 Å². The van der Waals surface area contributed by atoms with E-state index in [9.17, 15) is 5.11 Å². The Hall–Kier alpha value is -0.550. The molecule has 0 aliphatic carbocycles. The lowest BCUT2D eigenvalue weighted by Crippen LogP contribution is -2.03. The van der Waals surface area contributed by atoms with E-state index in [0.717, 1.165) is 37.8 Å². The quantitative estimate of drug-likeness (QED) is 0.733. The van der Waals surface area contributed by atoms with Crippen molar-refractivity contribution in [2.24, 2.45) is 0 Å². The summed E-state index contributed by atoms with van der Waals surface area (Å²) in [6.07, 6.45) is 0.748. The topological polar surface area (TPSA) is 29.5 Å². The zero-order valence-corrected chi connectivity index (χ0v) is 15.0. The highest BCUT2D eigenvalue weighted by atomic mass is 79.9. The van der Waals surface area contributed by atoms with Gasteiger partial charge in [0.05, 0.1) is 12.7 Å². The van der Waals surface area contributed by atoms with Gasteiger partial charge in [-0.05, 0) is 47.0 Å². The second-order valence-corrected chi connectivity index (χ2v) is 7.34. The van der Waals surface area contributed by atoms with Crippen LogP contribution in [0.2, 0.25) is 5.02 Å². The molecule has 0 aromatic heterocycles. The first-order valence-corrected chi connectivity index (χ1v) is 8.57.